The van der Waals surface area contributed by atoms with E-state index in [0.29, 0.717) is 11.1 Å². The van der Waals surface area contributed by atoms with Crippen molar-refractivity contribution in [3.05, 3.63) is 98.6 Å². The highest BCUT2D eigenvalue weighted by Gasteiger charge is 2.30. The summed E-state index contributed by atoms with van der Waals surface area (Å²) in [5, 5.41) is 13.6. The standard InChI is InChI=1S/C25H27N3O5S/c1-17-8-10-21(11-9-17)15-27(34(32,33)25-19(3)12-18(2)13-20(25)4)16-24(29)26-22-6-5-7-23(14-22)28(30)31/h5-14H,15-16H2,1-4H3,(H,26,29). The second kappa shape index (κ2) is 10.1. The number of nitro groups is 1. The van der Waals surface area contributed by atoms with Gasteiger partial charge in [-0.25, -0.2) is 8.42 Å². The molecule has 0 fully saturated rings. The fourth-order valence-corrected chi connectivity index (χ4v) is 5.68. The Morgan fingerprint density at radius 1 is 0.941 bits per heavy atom. The molecule has 0 unspecified atom stereocenters. The van der Waals surface area contributed by atoms with E-state index in [9.17, 15) is 23.3 Å². The molecule has 178 valence electrons. The first kappa shape index (κ1) is 25.1. The molecular weight excluding hydrogens is 454 g/mol. The van der Waals surface area contributed by atoms with Crippen molar-refractivity contribution in [2.45, 2.75) is 39.1 Å². The molecule has 34 heavy (non-hydrogen) atoms. The van der Waals surface area contributed by atoms with Crippen molar-refractivity contribution >= 4 is 27.3 Å². The van der Waals surface area contributed by atoms with Crippen molar-refractivity contribution in [3.8, 4) is 0 Å². The maximum absolute atomic E-state index is 13.7. The first-order valence-electron chi connectivity index (χ1n) is 10.6. The largest absolute Gasteiger partial charge is 0.325 e. The van der Waals surface area contributed by atoms with E-state index in [1.165, 1.54) is 24.3 Å². The van der Waals surface area contributed by atoms with Gasteiger partial charge in [-0.05, 0) is 50.5 Å². The van der Waals surface area contributed by atoms with Crippen LogP contribution < -0.4 is 5.32 Å². The normalized spacial score (nSPS) is 11.4. The number of carbonyl (C=O) groups is 1. The van der Waals surface area contributed by atoms with Gasteiger partial charge >= 0.3 is 0 Å². The average Bonchev–Trinajstić information content (AvgIpc) is 2.74. The van der Waals surface area contributed by atoms with Crippen LogP contribution in [0.1, 0.15) is 27.8 Å². The van der Waals surface area contributed by atoms with Gasteiger partial charge in [0.1, 0.15) is 0 Å². The Kier molecular flexibility index (Phi) is 7.48. The van der Waals surface area contributed by atoms with E-state index < -0.39 is 27.4 Å². The second-order valence-electron chi connectivity index (χ2n) is 8.34. The molecule has 0 heterocycles. The Morgan fingerprint density at radius 3 is 2.15 bits per heavy atom. The Labute approximate surface area is 199 Å². The molecule has 0 aliphatic carbocycles. The Balaban J connectivity index is 1.95. The Hall–Kier alpha value is -3.56. The quantitative estimate of drug-likeness (QED) is 0.372. The van der Waals surface area contributed by atoms with Crippen molar-refractivity contribution in [1.29, 1.82) is 0 Å². The highest BCUT2D eigenvalue weighted by atomic mass is 32.2. The zero-order chi connectivity index (χ0) is 25.0. The lowest BCUT2D eigenvalue weighted by molar-refractivity contribution is -0.384. The molecule has 0 saturated carbocycles. The maximum atomic E-state index is 13.7. The van der Waals surface area contributed by atoms with Crippen molar-refractivity contribution in [2.75, 3.05) is 11.9 Å². The predicted octanol–water partition coefficient (Wildman–Crippen LogP) is 4.66. The van der Waals surface area contributed by atoms with Crippen LogP contribution in [0.2, 0.25) is 0 Å². The van der Waals surface area contributed by atoms with Crippen LogP contribution in [0.4, 0.5) is 11.4 Å². The van der Waals surface area contributed by atoms with Gasteiger partial charge in [0.15, 0.2) is 0 Å². The molecule has 0 bridgehead atoms. The van der Waals surface area contributed by atoms with E-state index in [4.69, 9.17) is 0 Å². The van der Waals surface area contributed by atoms with Crippen molar-refractivity contribution in [2.24, 2.45) is 0 Å². The van der Waals surface area contributed by atoms with Crippen LogP contribution in [0.25, 0.3) is 0 Å². The molecule has 0 saturated heterocycles. The molecule has 0 aliphatic rings. The van der Waals surface area contributed by atoms with E-state index in [1.807, 2.05) is 38.1 Å². The van der Waals surface area contributed by atoms with E-state index in [2.05, 4.69) is 5.32 Å². The molecule has 9 heteroatoms. The van der Waals surface area contributed by atoms with E-state index in [1.54, 1.807) is 26.0 Å². The molecule has 3 rings (SSSR count). The number of non-ortho nitro benzene ring substituents is 1. The number of benzene rings is 3. The van der Waals surface area contributed by atoms with E-state index in [-0.39, 0.29) is 22.8 Å². The summed E-state index contributed by atoms with van der Waals surface area (Å²) in [6, 6.07) is 16.5. The number of hydrogen-bond donors (Lipinski definition) is 1. The third-order valence-corrected chi connectivity index (χ3v) is 7.44. The zero-order valence-corrected chi connectivity index (χ0v) is 20.3. The lowest BCUT2D eigenvalue weighted by atomic mass is 10.1. The smallest absolute Gasteiger partial charge is 0.271 e. The van der Waals surface area contributed by atoms with Gasteiger partial charge in [0.2, 0.25) is 15.9 Å². The number of carbonyl (C=O) groups excluding carboxylic acids is 1. The molecule has 1 N–H and O–H groups in total. The fraction of sp³-hybridized carbons (Fsp3) is 0.240. The van der Waals surface area contributed by atoms with Crippen molar-refractivity contribution < 1.29 is 18.1 Å². The number of aryl methyl sites for hydroxylation is 4. The van der Waals surface area contributed by atoms with Gasteiger partial charge in [-0.3, -0.25) is 14.9 Å². The SMILES string of the molecule is Cc1ccc(CN(CC(=O)Nc2cccc([N+](=O)[O-])c2)S(=O)(=O)c2c(C)cc(C)cc2C)cc1. The van der Waals surface area contributed by atoms with Crippen LogP contribution in [0.3, 0.4) is 0 Å². The highest BCUT2D eigenvalue weighted by molar-refractivity contribution is 7.89. The molecule has 0 atom stereocenters. The monoisotopic (exact) mass is 481 g/mol. The number of anilines is 1. The molecule has 0 aliphatic heterocycles. The summed E-state index contributed by atoms with van der Waals surface area (Å²) in [6.45, 7) is 6.85. The van der Waals surface area contributed by atoms with Gasteiger partial charge in [0.05, 0.1) is 16.4 Å². The van der Waals surface area contributed by atoms with Gasteiger partial charge in [0.25, 0.3) is 5.69 Å². The average molecular weight is 482 g/mol. The fourth-order valence-electron chi connectivity index (χ4n) is 3.88. The molecule has 0 radical (unpaired) electrons. The molecule has 0 aromatic heterocycles. The molecule has 0 spiro atoms. The van der Waals surface area contributed by atoms with Gasteiger partial charge in [0, 0.05) is 24.4 Å². The lowest BCUT2D eigenvalue weighted by Gasteiger charge is -2.24. The molecule has 3 aromatic rings. The van der Waals surface area contributed by atoms with Crippen LogP contribution in [-0.2, 0) is 21.4 Å². The Morgan fingerprint density at radius 2 is 1.56 bits per heavy atom. The summed E-state index contributed by atoms with van der Waals surface area (Å²) in [6.07, 6.45) is 0. The number of rotatable bonds is 8. The van der Waals surface area contributed by atoms with Crippen LogP contribution in [0.5, 0.6) is 0 Å². The van der Waals surface area contributed by atoms with E-state index in [0.717, 1.165) is 21.0 Å². The minimum absolute atomic E-state index is 0.00225. The molecule has 3 aromatic carbocycles. The number of nitro benzene ring substituents is 1. The summed E-state index contributed by atoms with van der Waals surface area (Å²) in [7, 11) is -4.03. The van der Waals surface area contributed by atoms with Crippen molar-refractivity contribution in [1.82, 2.24) is 4.31 Å². The Bertz CT molecular complexity index is 1310. The van der Waals surface area contributed by atoms with Crippen LogP contribution >= 0.6 is 0 Å². The predicted molar refractivity (Wildman–Crippen MR) is 131 cm³/mol. The third kappa shape index (κ3) is 5.86. The van der Waals surface area contributed by atoms with Crippen molar-refractivity contribution in [3.63, 3.8) is 0 Å². The summed E-state index contributed by atoms with van der Waals surface area (Å²) < 4.78 is 28.6. The van der Waals surface area contributed by atoms with Gasteiger partial charge in [-0.2, -0.15) is 4.31 Å². The van der Waals surface area contributed by atoms with Gasteiger partial charge < -0.3 is 5.32 Å². The van der Waals surface area contributed by atoms with Gasteiger partial charge in [-0.15, -0.1) is 0 Å². The van der Waals surface area contributed by atoms with Crippen LogP contribution in [0.15, 0.2) is 65.6 Å². The lowest BCUT2D eigenvalue weighted by Crippen LogP contribution is -2.38. The highest BCUT2D eigenvalue weighted by Crippen LogP contribution is 2.27. The molecule has 1 amide bonds. The number of nitrogens with zero attached hydrogens (tertiary/aromatic N) is 2. The zero-order valence-electron chi connectivity index (χ0n) is 19.5. The number of sulfonamides is 1. The maximum Gasteiger partial charge on any atom is 0.271 e. The third-order valence-electron chi connectivity index (χ3n) is 5.34. The van der Waals surface area contributed by atoms with E-state index >= 15 is 0 Å². The minimum atomic E-state index is -4.03. The summed E-state index contributed by atoms with van der Waals surface area (Å²) in [4.78, 5) is 23.5. The summed E-state index contributed by atoms with van der Waals surface area (Å²) >= 11 is 0. The first-order valence-corrected chi connectivity index (χ1v) is 12.1. The summed E-state index contributed by atoms with van der Waals surface area (Å²) in [5.41, 5.74) is 3.97. The van der Waals surface area contributed by atoms with Crippen LogP contribution in [-0.4, -0.2) is 30.1 Å². The number of hydrogen-bond acceptors (Lipinski definition) is 5. The second-order valence-corrected chi connectivity index (χ2v) is 10.2. The van der Waals surface area contributed by atoms with Gasteiger partial charge in [-0.1, -0.05) is 53.6 Å². The number of amides is 1. The minimum Gasteiger partial charge on any atom is -0.325 e. The number of nitrogens with one attached hydrogen (secondary N) is 1. The van der Waals surface area contributed by atoms with Crippen LogP contribution in [0, 0.1) is 37.8 Å². The summed E-state index contributed by atoms with van der Waals surface area (Å²) in [5.74, 6) is -0.599. The molecular formula is C25H27N3O5S. The molecule has 8 nitrogen and oxygen atoms in total. The first-order chi connectivity index (χ1) is 16.0. The topological polar surface area (TPSA) is 110 Å².